The third kappa shape index (κ3) is 12.6. The molecule has 2 N–H and O–H groups in total. The minimum atomic E-state index is -0.944. The van der Waals surface area contributed by atoms with Gasteiger partial charge in [-0.25, -0.2) is 4.39 Å². The van der Waals surface area contributed by atoms with Crippen LogP contribution in [0.15, 0.2) is 18.2 Å². The molecule has 1 aromatic rings. The summed E-state index contributed by atoms with van der Waals surface area (Å²) in [5.74, 6) is -1.84. The molecule has 0 aromatic heterocycles. The highest BCUT2D eigenvalue weighted by atomic mass is 19.1. The Balaban J connectivity index is 2.08. The molecule has 0 fully saturated rings. The van der Waals surface area contributed by atoms with Crippen LogP contribution in [0, 0.1) is 5.82 Å². The first-order valence-electron chi connectivity index (χ1n) is 11.8. The van der Waals surface area contributed by atoms with Crippen molar-refractivity contribution in [2.24, 2.45) is 0 Å². The fourth-order valence-corrected chi connectivity index (χ4v) is 3.58. The first-order valence-corrected chi connectivity index (χ1v) is 11.8. The lowest BCUT2D eigenvalue weighted by molar-refractivity contribution is -0.137. The molecule has 1 aromatic carbocycles. The lowest BCUT2D eigenvalue weighted by Crippen LogP contribution is -2.06. The van der Waals surface area contributed by atoms with Crippen molar-refractivity contribution >= 4 is 17.4 Å². The third-order valence-corrected chi connectivity index (χ3v) is 5.42. The van der Waals surface area contributed by atoms with Gasteiger partial charge in [-0.05, 0) is 31.0 Å². The van der Waals surface area contributed by atoms with Gasteiger partial charge in [-0.1, -0.05) is 77.6 Å². The number of unbranched alkanes of at least 4 members (excludes halogenated alkanes) is 11. The number of carboxylic acids is 1. The summed E-state index contributed by atoms with van der Waals surface area (Å²) in [5.41, 5.74) is 0.717. The molecule has 0 saturated heterocycles. The van der Waals surface area contributed by atoms with E-state index in [-0.39, 0.29) is 30.6 Å². The molecule has 0 aliphatic carbocycles. The number of hydrogen-bond donors (Lipinski definition) is 2. The van der Waals surface area contributed by atoms with Crippen molar-refractivity contribution in [3.63, 3.8) is 0 Å². The van der Waals surface area contributed by atoms with Gasteiger partial charge < -0.3 is 10.4 Å². The zero-order chi connectivity index (χ0) is 22.0. The van der Waals surface area contributed by atoms with E-state index < -0.39 is 11.8 Å². The highest BCUT2D eigenvalue weighted by Gasteiger charge is 2.12. The maximum atomic E-state index is 14.2. The topological polar surface area (TPSA) is 66.4 Å². The summed E-state index contributed by atoms with van der Waals surface area (Å²) in [6.45, 7) is 3.05. The molecule has 0 unspecified atom stereocenters. The van der Waals surface area contributed by atoms with Crippen molar-refractivity contribution in [1.82, 2.24) is 0 Å². The number of carboxylic acid groups (broad SMARTS) is 1. The van der Waals surface area contributed by atoms with Gasteiger partial charge in [0, 0.05) is 25.1 Å². The van der Waals surface area contributed by atoms with Crippen LogP contribution in [0.2, 0.25) is 0 Å². The van der Waals surface area contributed by atoms with Crippen LogP contribution >= 0.6 is 0 Å². The molecule has 0 saturated carbocycles. The Bertz CT molecular complexity index is 618. The van der Waals surface area contributed by atoms with E-state index >= 15 is 0 Å². The number of hydrogen-bond acceptors (Lipinski definition) is 3. The van der Waals surface area contributed by atoms with Crippen molar-refractivity contribution in [1.29, 1.82) is 0 Å². The van der Waals surface area contributed by atoms with E-state index in [4.69, 9.17) is 5.11 Å². The monoisotopic (exact) mass is 421 g/mol. The summed E-state index contributed by atoms with van der Waals surface area (Å²) in [7, 11) is 0. The van der Waals surface area contributed by atoms with Gasteiger partial charge >= 0.3 is 5.97 Å². The molecule has 0 aliphatic rings. The maximum absolute atomic E-state index is 14.2. The van der Waals surface area contributed by atoms with Crippen molar-refractivity contribution < 1.29 is 19.1 Å². The van der Waals surface area contributed by atoms with Gasteiger partial charge in [-0.15, -0.1) is 0 Å². The van der Waals surface area contributed by atoms with Crippen LogP contribution in [0.3, 0.4) is 0 Å². The average molecular weight is 422 g/mol. The van der Waals surface area contributed by atoms with Crippen LogP contribution in [0.1, 0.15) is 114 Å². The molecule has 4 nitrogen and oxygen atoms in total. The van der Waals surface area contributed by atoms with Gasteiger partial charge in [-0.3, -0.25) is 9.59 Å². The highest BCUT2D eigenvalue weighted by Crippen LogP contribution is 2.18. The number of nitrogens with one attached hydrogen (secondary N) is 1. The molecule has 0 heterocycles. The molecule has 0 radical (unpaired) electrons. The Morgan fingerprint density at radius 2 is 1.40 bits per heavy atom. The number of aliphatic carboxylic acids is 1. The first-order chi connectivity index (χ1) is 14.5. The van der Waals surface area contributed by atoms with E-state index in [1.807, 2.05) is 0 Å². The van der Waals surface area contributed by atoms with Gasteiger partial charge in [0.15, 0.2) is 5.78 Å². The molecule has 170 valence electrons. The van der Waals surface area contributed by atoms with Crippen LogP contribution < -0.4 is 5.32 Å². The van der Waals surface area contributed by atoms with Gasteiger partial charge in [0.25, 0.3) is 0 Å². The molecule has 0 atom stereocenters. The summed E-state index contributed by atoms with van der Waals surface area (Å²) in [6, 6.07) is 4.56. The average Bonchev–Trinajstić information content (AvgIpc) is 2.71. The van der Waals surface area contributed by atoms with Crippen molar-refractivity contribution in [3.05, 3.63) is 29.6 Å². The summed E-state index contributed by atoms with van der Waals surface area (Å²) in [6.07, 6.45) is 15.9. The Kier molecular flexibility index (Phi) is 14.7. The second kappa shape index (κ2) is 16.8. The summed E-state index contributed by atoms with van der Waals surface area (Å²) in [5, 5.41) is 11.8. The fourth-order valence-electron chi connectivity index (χ4n) is 3.58. The zero-order valence-corrected chi connectivity index (χ0v) is 18.7. The maximum Gasteiger partial charge on any atom is 0.303 e. The molecule has 1 rings (SSSR count). The summed E-state index contributed by atoms with van der Waals surface area (Å²) in [4.78, 5) is 22.5. The molecule has 0 amide bonds. The van der Waals surface area contributed by atoms with E-state index in [1.54, 1.807) is 6.07 Å². The zero-order valence-electron chi connectivity index (χ0n) is 18.7. The lowest BCUT2D eigenvalue weighted by atomic mass is 10.0. The predicted octanol–water partition coefficient (Wildman–Crippen LogP) is 7.38. The molecule has 30 heavy (non-hydrogen) atoms. The van der Waals surface area contributed by atoms with Crippen molar-refractivity contribution in [2.45, 2.75) is 103 Å². The van der Waals surface area contributed by atoms with Gasteiger partial charge in [0.05, 0.1) is 5.56 Å². The summed E-state index contributed by atoms with van der Waals surface area (Å²) < 4.78 is 14.2. The van der Waals surface area contributed by atoms with Crippen LogP contribution in [0.4, 0.5) is 10.1 Å². The standard InChI is InChI=1S/C25H40FNO3/c1-2-3-4-5-6-7-8-9-10-11-12-13-19-27-21-17-18-22(23(26)20-21)24(28)15-14-16-25(29)30/h17-18,20,27H,2-16,19H2,1H3,(H,29,30). The number of anilines is 1. The molecule has 0 spiro atoms. The number of Topliss-reactive ketones (excluding diaryl/α,β-unsaturated/α-hetero) is 1. The largest absolute Gasteiger partial charge is 0.481 e. The van der Waals surface area contributed by atoms with Crippen molar-refractivity contribution in [2.75, 3.05) is 11.9 Å². The van der Waals surface area contributed by atoms with Crippen LogP contribution in [-0.2, 0) is 4.79 Å². The number of rotatable bonds is 19. The Morgan fingerprint density at radius 1 is 0.833 bits per heavy atom. The smallest absolute Gasteiger partial charge is 0.303 e. The van der Waals surface area contributed by atoms with Gasteiger partial charge in [-0.2, -0.15) is 0 Å². The van der Waals surface area contributed by atoms with Crippen molar-refractivity contribution in [3.8, 4) is 0 Å². The van der Waals surface area contributed by atoms with Gasteiger partial charge in [0.1, 0.15) is 5.82 Å². The van der Waals surface area contributed by atoms with E-state index in [1.165, 1.54) is 82.8 Å². The number of carbonyl (C=O) groups excluding carboxylic acids is 1. The molecular formula is C25H40FNO3. The molecule has 5 heteroatoms. The van der Waals surface area contributed by atoms with Crippen LogP contribution in [-0.4, -0.2) is 23.4 Å². The number of halogens is 1. The molecular weight excluding hydrogens is 381 g/mol. The number of benzene rings is 1. The second-order valence-electron chi connectivity index (χ2n) is 8.18. The first kappa shape index (κ1) is 26.1. The van der Waals surface area contributed by atoms with E-state index in [0.29, 0.717) is 5.69 Å². The SMILES string of the molecule is CCCCCCCCCCCCCCNc1ccc(C(=O)CCCC(=O)O)c(F)c1. The highest BCUT2D eigenvalue weighted by molar-refractivity contribution is 5.96. The second-order valence-corrected chi connectivity index (χ2v) is 8.18. The Morgan fingerprint density at radius 3 is 1.93 bits per heavy atom. The Hall–Kier alpha value is -1.91. The van der Waals surface area contributed by atoms with E-state index in [2.05, 4.69) is 12.2 Å². The minimum Gasteiger partial charge on any atom is -0.481 e. The predicted molar refractivity (Wildman–Crippen MR) is 122 cm³/mol. The third-order valence-electron chi connectivity index (χ3n) is 5.42. The fraction of sp³-hybridized carbons (Fsp3) is 0.680. The normalized spacial score (nSPS) is 10.9. The number of ketones is 1. The van der Waals surface area contributed by atoms with E-state index in [0.717, 1.165) is 13.0 Å². The van der Waals surface area contributed by atoms with E-state index in [9.17, 15) is 14.0 Å². The summed E-state index contributed by atoms with van der Waals surface area (Å²) >= 11 is 0. The minimum absolute atomic E-state index is 0.0382. The molecule has 0 aliphatic heterocycles. The lowest BCUT2D eigenvalue weighted by Gasteiger charge is -2.09. The van der Waals surface area contributed by atoms with Gasteiger partial charge in [0.2, 0.25) is 0 Å². The Labute approximate surface area is 181 Å². The number of carbonyl (C=O) groups is 2. The quantitative estimate of drug-likeness (QED) is 0.181. The van der Waals surface area contributed by atoms with Crippen LogP contribution in [0.5, 0.6) is 0 Å². The molecule has 0 bridgehead atoms. The van der Waals surface area contributed by atoms with Crippen LogP contribution in [0.25, 0.3) is 0 Å².